The van der Waals surface area contributed by atoms with Gasteiger partial charge in [-0.05, 0) is 0 Å². The molecule has 0 fully saturated rings. The minimum absolute atomic E-state index is 0.729. The topological polar surface area (TPSA) is 0 Å². The monoisotopic (exact) mass is 125 g/mol. The van der Waals surface area contributed by atoms with Crippen LogP contribution in [0.2, 0.25) is 5.02 Å². The van der Waals surface area contributed by atoms with Gasteiger partial charge in [-0.3, -0.25) is 0 Å². The number of hydrogen-bond donors (Lipinski definition) is 0. The largest absolute Gasteiger partial charge is 0.197 e. The fraction of sp³-hybridized carbons (Fsp3) is 0. The van der Waals surface area contributed by atoms with Crippen molar-refractivity contribution in [1.29, 1.82) is 0 Å². The number of rotatable bonds is 0. The van der Waals surface area contributed by atoms with Gasteiger partial charge in [-0.15, -0.1) is 12.1 Å². The molecule has 0 atom stereocenters. The highest BCUT2D eigenvalue weighted by Gasteiger charge is 1.76. The molecule has 0 aliphatic heterocycles. The van der Waals surface area contributed by atoms with E-state index < -0.39 is 0 Å². The normalized spacial score (nSPS) is 9.12. The zero-order valence-electron chi connectivity index (χ0n) is 4.39. The molecule has 1 rings (SSSR count). The summed E-state index contributed by atoms with van der Waals surface area (Å²) in [5.74, 6) is 0. The van der Waals surface area contributed by atoms with Crippen LogP contribution in [0, 0.1) is 6.92 Å². The predicted octanol–water partition coefficient (Wildman–Crippen LogP) is 2.52. The Labute approximate surface area is 54.1 Å². The van der Waals surface area contributed by atoms with Gasteiger partial charge in [0.05, 0.1) is 0 Å². The van der Waals surface area contributed by atoms with E-state index in [2.05, 4.69) is 6.92 Å². The summed E-state index contributed by atoms with van der Waals surface area (Å²) in [6.45, 7) is 3.69. The Kier molecular flexibility index (Phi) is 1.45. The highest BCUT2D eigenvalue weighted by molar-refractivity contribution is 6.31. The molecule has 0 amide bonds. The highest BCUT2D eigenvalue weighted by atomic mass is 35.5. The fourth-order valence-electron chi connectivity index (χ4n) is 0.498. The predicted molar refractivity (Wildman–Crippen MR) is 35.9 cm³/mol. The van der Waals surface area contributed by atoms with Crippen molar-refractivity contribution in [3.63, 3.8) is 0 Å². The quantitative estimate of drug-likeness (QED) is 0.468. The van der Waals surface area contributed by atoms with Gasteiger partial charge < -0.3 is 0 Å². The first kappa shape index (κ1) is 5.52. The van der Waals surface area contributed by atoms with Crippen LogP contribution in [0.1, 0.15) is 5.56 Å². The third-order valence-corrected chi connectivity index (χ3v) is 1.33. The van der Waals surface area contributed by atoms with Crippen LogP contribution in [0.4, 0.5) is 0 Å². The van der Waals surface area contributed by atoms with E-state index in [0.29, 0.717) is 0 Å². The summed E-state index contributed by atoms with van der Waals surface area (Å²) in [6, 6.07) is 7.50. The second-order valence-electron chi connectivity index (χ2n) is 1.59. The second kappa shape index (κ2) is 2.10. The summed E-state index contributed by atoms with van der Waals surface area (Å²) in [6.07, 6.45) is 0. The van der Waals surface area contributed by atoms with Gasteiger partial charge in [-0.25, -0.2) is 0 Å². The van der Waals surface area contributed by atoms with Crippen molar-refractivity contribution in [2.45, 2.75) is 0 Å². The van der Waals surface area contributed by atoms with Crippen LogP contribution in [0.15, 0.2) is 24.3 Å². The maximum atomic E-state index is 5.65. The molecule has 0 saturated carbocycles. The maximum absolute atomic E-state index is 5.65. The van der Waals surface area contributed by atoms with Crippen LogP contribution in [0.25, 0.3) is 0 Å². The van der Waals surface area contributed by atoms with E-state index in [9.17, 15) is 0 Å². The third kappa shape index (κ3) is 0.958. The van der Waals surface area contributed by atoms with Crippen LogP contribution in [0.3, 0.4) is 0 Å². The van der Waals surface area contributed by atoms with Crippen LogP contribution < -0.4 is 0 Å². The summed E-state index contributed by atoms with van der Waals surface area (Å²) in [5, 5.41) is 0.729. The van der Waals surface area contributed by atoms with Crippen molar-refractivity contribution in [3.05, 3.63) is 41.8 Å². The molecule has 0 aliphatic carbocycles. The zero-order chi connectivity index (χ0) is 5.98. The van der Waals surface area contributed by atoms with Crippen molar-refractivity contribution < 1.29 is 0 Å². The minimum atomic E-state index is 0.729. The summed E-state index contributed by atoms with van der Waals surface area (Å²) in [7, 11) is 0. The van der Waals surface area contributed by atoms with Crippen molar-refractivity contribution in [2.24, 2.45) is 0 Å². The van der Waals surface area contributed by atoms with Crippen molar-refractivity contribution in [1.82, 2.24) is 0 Å². The lowest BCUT2D eigenvalue weighted by molar-refractivity contribution is 1.61. The molecule has 0 aromatic heterocycles. The molecule has 1 aromatic rings. The highest BCUT2D eigenvalue weighted by Crippen LogP contribution is 2.11. The van der Waals surface area contributed by atoms with E-state index in [1.807, 2.05) is 24.3 Å². The summed E-state index contributed by atoms with van der Waals surface area (Å²) in [4.78, 5) is 0. The fourth-order valence-corrected chi connectivity index (χ4v) is 0.634. The van der Waals surface area contributed by atoms with E-state index in [-0.39, 0.29) is 0 Å². The van der Waals surface area contributed by atoms with Gasteiger partial charge >= 0.3 is 0 Å². The molecule has 0 radical (unpaired) electrons. The summed E-state index contributed by atoms with van der Waals surface area (Å²) < 4.78 is 0. The lowest BCUT2D eigenvalue weighted by atomic mass is 10.2. The minimum Gasteiger partial charge on any atom is -0.197 e. The van der Waals surface area contributed by atoms with E-state index >= 15 is 0 Å². The van der Waals surface area contributed by atoms with Crippen LogP contribution in [0.5, 0.6) is 0 Å². The molecule has 1 heteroatoms. The molecule has 42 valence electrons. The molecule has 0 aliphatic rings. The second-order valence-corrected chi connectivity index (χ2v) is 2.00. The van der Waals surface area contributed by atoms with Gasteiger partial charge in [0.1, 0.15) is 0 Å². The van der Waals surface area contributed by atoms with Gasteiger partial charge in [0.2, 0.25) is 0 Å². The molecule has 8 heavy (non-hydrogen) atoms. The average molecular weight is 126 g/mol. The first-order chi connectivity index (χ1) is 3.80. The van der Waals surface area contributed by atoms with Gasteiger partial charge in [-0.2, -0.15) is 30.2 Å². The standard InChI is InChI=1S/C7H6Cl/c1-6-4-2-3-5-7(6)8/h2-5H,1H2/q-1. The Hall–Kier alpha value is -0.620. The SMILES string of the molecule is [CH2-]c1ccccc1Cl. The molecule has 1 aromatic carbocycles. The Morgan fingerprint density at radius 2 is 1.88 bits per heavy atom. The van der Waals surface area contributed by atoms with Crippen molar-refractivity contribution in [2.75, 3.05) is 0 Å². The van der Waals surface area contributed by atoms with Crippen molar-refractivity contribution >= 4 is 11.6 Å². The number of hydrogen-bond acceptors (Lipinski definition) is 0. The molecule has 0 heterocycles. The van der Waals surface area contributed by atoms with Gasteiger partial charge in [0, 0.05) is 0 Å². The molecule has 0 nitrogen and oxygen atoms in total. The molecular formula is C7H6Cl-. The molecule has 0 spiro atoms. The molecule has 0 bridgehead atoms. The van der Waals surface area contributed by atoms with E-state index in [4.69, 9.17) is 11.6 Å². The molecular weight excluding hydrogens is 120 g/mol. The summed E-state index contributed by atoms with van der Waals surface area (Å²) >= 11 is 5.65. The van der Waals surface area contributed by atoms with Crippen LogP contribution in [-0.2, 0) is 0 Å². The lowest BCUT2D eigenvalue weighted by Crippen LogP contribution is -1.68. The lowest BCUT2D eigenvalue weighted by Gasteiger charge is -2.01. The van der Waals surface area contributed by atoms with E-state index in [1.54, 1.807) is 0 Å². The van der Waals surface area contributed by atoms with Gasteiger partial charge in [-0.1, -0.05) is 11.1 Å². The van der Waals surface area contributed by atoms with E-state index in [1.165, 1.54) is 0 Å². The Morgan fingerprint density at radius 3 is 2.25 bits per heavy atom. The molecule has 0 unspecified atom stereocenters. The zero-order valence-corrected chi connectivity index (χ0v) is 5.15. The smallest absolute Gasteiger partial charge is 0.0631 e. The first-order valence-electron chi connectivity index (χ1n) is 2.37. The third-order valence-electron chi connectivity index (χ3n) is 0.958. The average Bonchev–Trinajstić information content (AvgIpc) is 1.77. The number of halogens is 1. The Balaban J connectivity index is 3.13. The Bertz CT molecular complexity index is 160. The van der Waals surface area contributed by atoms with Crippen LogP contribution >= 0.6 is 11.6 Å². The Morgan fingerprint density at radius 1 is 1.25 bits per heavy atom. The van der Waals surface area contributed by atoms with Gasteiger partial charge in [0.15, 0.2) is 0 Å². The van der Waals surface area contributed by atoms with Crippen LogP contribution in [-0.4, -0.2) is 0 Å². The molecule has 0 N–H and O–H groups in total. The van der Waals surface area contributed by atoms with E-state index in [0.717, 1.165) is 10.6 Å². The first-order valence-corrected chi connectivity index (χ1v) is 2.75. The molecule has 0 saturated heterocycles. The van der Waals surface area contributed by atoms with Gasteiger partial charge in [0.25, 0.3) is 0 Å². The summed E-state index contributed by atoms with van der Waals surface area (Å²) in [5.41, 5.74) is 0.883. The van der Waals surface area contributed by atoms with Crippen molar-refractivity contribution in [3.8, 4) is 0 Å². The number of benzene rings is 1. The maximum Gasteiger partial charge on any atom is -0.0631 e.